The summed E-state index contributed by atoms with van der Waals surface area (Å²) in [6.45, 7) is 1.17. The lowest BCUT2D eigenvalue weighted by Gasteiger charge is -2.59. The average molecular weight is 381 g/mol. The minimum atomic E-state index is -3.54. The first-order valence-electron chi connectivity index (χ1n) is 8.71. The Morgan fingerprint density at radius 2 is 1.65 bits per heavy atom. The molecule has 3 fully saturated rings. The highest BCUT2D eigenvalue weighted by Crippen LogP contribution is 2.52. The quantitative estimate of drug-likeness (QED) is 0.802. The second-order valence-electron chi connectivity index (χ2n) is 7.93. The van der Waals surface area contributed by atoms with E-state index in [1.807, 2.05) is 0 Å². The summed E-state index contributed by atoms with van der Waals surface area (Å²) < 4.78 is 38.0. The summed E-state index contributed by atoms with van der Waals surface area (Å²) in [6.07, 6.45) is 1.83. The van der Waals surface area contributed by atoms with E-state index in [9.17, 15) is 22.4 Å². The van der Waals surface area contributed by atoms with Gasteiger partial charge in [0.05, 0.1) is 16.1 Å². The molecule has 1 heterocycles. The lowest BCUT2D eigenvalue weighted by molar-refractivity contribution is -0.171. The lowest BCUT2D eigenvalue weighted by Crippen LogP contribution is -2.66. The van der Waals surface area contributed by atoms with Gasteiger partial charge in [0.15, 0.2) is 9.84 Å². The monoisotopic (exact) mass is 381 g/mol. The summed E-state index contributed by atoms with van der Waals surface area (Å²) in [7, 11) is -3.54. The van der Waals surface area contributed by atoms with E-state index in [0.29, 0.717) is 38.8 Å². The fraction of sp³-hybridized carbons (Fsp3) is 0.556. The molecule has 2 saturated carbocycles. The highest BCUT2D eigenvalue weighted by molar-refractivity contribution is 7.92. The third kappa shape index (κ3) is 2.71. The maximum Gasteiger partial charge on any atom is 0.306 e. The van der Waals surface area contributed by atoms with Crippen LogP contribution < -0.4 is 0 Å². The number of carboxylic acids is 1. The van der Waals surface area contributed by atoms with Crippen molar-refractivity contribution >= 4 is 21.7 Å². The Hall–Kier alpha value is -1.96. The molecule has 0 atom stereocenters. The van der Waals surface area contributed by atoms with E-state index >= 15 is 0 Å². The number of amides is 1. The third-order valence-electron chi connectivity index (χ3n) is 6.10. The van der Waals surface area contributed by atoms with Crippen molar-refractivity contribution < 1.29 is 27.5 Å². The van der Waals surface area contributed by atoms with Gasteiger partial charge in [-0.05, 0) is 49.9 Å². The Labute approximate surface area is 150 Å². The fourth-order valence-electron chi connectivity index (χ4n) is 4.43. The molecule has 1 N–H and O–H groups in total. The number of carboxylic acid groups (broad SMARTS) is 1. The van der Waals surface area contributed by atoms with Crippen molar-refractivity contribution in [3.8, 4) is 0 Å². The number of aliphatic carboxylic acids is 1. The van der Waals surface area contributed by atoms with E-state index in [0.717, 1.165) is 12.1 Å². The van der Waals surface area contributed by atoms with Crippen LogP contribution >= 0.6 is 0 Å². The first-order chi connectivity index (χ1) is 12.2. The van der Waals surface area contributed by atoms with Gasteiger partial charge in [-0.25, -0.2) is 12.8 Å². The topological polar surface area (TPSA) is 91.8 Å². The van der Waals surface area contributed by atoms with Gasteiger partial charge in [0.1, 0.15) is 5.82 Å². The second-order valence-corrected chi connectivity index (χ2v) is 10.2. The molecule has 4 rings (SSSR count). The molecule has 1 aliphatic heterocycles. The first kappa shape index (κ1) is 17.5. The van der Waals surface area contributed by atoms with Crippen molar-refractivity contribution in [3.05, 3.63) is 30.1 Å². The van der Waals surface area contributed by atoms with Gasteiger partial charge in [-0.1, -0.05) is 0 Å². The maximum absolute atomic E-state index is 13.0. The summed E-state index contributed by atoms with van der Waals surface area (Å²) in [5.41, 5.74) is -0.0257. The Balaban J connectivity index is 1.29. The Bertz CT molecular complexity index is 846. The largest absolute Gasteiger partial charge is 0.481 e. The molecule has 1 aromatic carbocycles. The first-order valence-corrected chi connectivity index (χ1v) is 10.3. The lowest BCUT2D eigenvalue weighted by atomic mass is 9.57. The van der Waals surface area contributed by atoms with Crippen LogP contribution in [0.5, 0.6) is 0 Å². The van der Waals surface area contributed by atoms with Crippen LogP contribution in [0.2, 0.25) is 0 Å². The van der Waals surface area contributed by atoms with E-state index in [2.05, 4.69) is 0 Å². The summed E-state index contributed by atoms with van der Waals surface area (Å²) in [5, 5.41) is 8.35. The highest BCUT2D eigenvalue weighted by atomic mass is 32.2. The molecule has 1 saturated heterocycles. The zero-order chi connectivity index (χ0) is 18.7. The van der Waals surface area contributed by atoms with Crippen molar-refractivity contribution in [3.63, 3.8) is 0 Å². The Morgan fingerprint density at radius 3 is 2.19 bits per heavy atom. The number of rotatable bonds is 4. The molecular formula is C18H20FNO5S. The fourth-order valence-corrected chi connectivity index (χ4v) is 6.30. The number of carbonyl (C=O) groups excluding carboxylic acids is 1. The van der Waals surface area contributed by atoms with Crippen LogP contribution in [0.15, 0.2) is 29.2 Å². The number of halogens is 1. The smallest absolute Gasteiger partial charge is 0.306 e. The molecule has 3 aliphatic rings. The van der Waals surface area contributed by atoms with Gasteiger partial charge in [0, 0.05) is 24.4 Å². The Kier molecular flexibility index (Phi) is 3.87. The molecule has 0 bridgehead atoms. The van der Waals surface area contributed by atoms with Crippen LogP contribution in [0, 0.1) is 23.1 Å². The summed E-state index contributed by atoms with van der Waals surface area (Å²) in [4.78, 5) is 25.2. The number of nitrogens with zero attached hydrogens (tertiary/aromatic N) is 1. The Morgan fingerprint density at radius 1 is 1.08 bits per heavy atom. The van der Waals surface area contributed by atoms with E-state index in [-0.39, 0.29) is 28.1 Å². The zero-order valence-corrected chi connectivity index (χ0v) is 14.9. The van der Waals surface area contributed by atoms with Crippen molar-refractivity contribution in [2.45, 2.75) is 35.8 Å². The molecule has 1 amide bonds. The third-order valence-corrected chi connectivity index (χ3v) is 8.29. The van der Waals surface area contributed by atoms with Crippen molar-refractivity contribution in [1.82, 2.24) is 4.90 Å². The summed E-state index contributed by atoms with van der Waals surface area (Å²) in [6, 6.07) is 4.76. The SMILES string of the molecule is O=C(O)C1CC2(C1)CN(C(=O)C1CC(S(=O)(=O)c3ccc(F)cc3)C1)C2. The van der Waals surface area contributed by atoms with Gasteiger partial charge in [-0.2, -0.15) is 0 Å². The molecular weight excluding hydrogens is 361 g/mol. The molecule has 0 unspecified atom stereocenters. The van der Waals surface area contributed by atoms with E-state index in [1.165, 1.54) is 12.1 Å². The van der Waals surface area contributed by atoms with E-state index < -0.39 is 26.9 Å². The van der Waals surface area contributed by atoms with Crippen LogP contribution in [0.4, 0.5) is 4.39 Å². The predicted octanol–water partition coefficient (Wildman–Crippen LogP) is 1.70. The molecule has 1 spiro atoms. The predicted molar refractivity (Wildman–Crippen MR) is 89.5 cm³/mol. The van der Waals surface area contributed by atoms with Gasteiger partial charge < -0.3 is 10.0 Å². The molecule has 26 heavy (non-hydrogen) atoms. The number of likely N-dealkylation sites (tertiary alicyclic amines) is 1. The molecule has 0 aromatic heterocycles. The molecule has 6 nitrogen and oxygen atoms in total. The maximum atomic E-state index is 13.0. The summed E-state index contributed by atoms with van der Waals surface area (Å²) in [5.74, 6) is -1.87. The van der Waals surface area contributed by atoms with Crippen molar-refractivity contribution in [1.29, 1.82) is 0 Å². The average Bonchev–Trinajstić information content (AvgIpc) is 2.42. The standard InChI is InChI=1S/C18H20FNO5S/c19-13-1-3-14(4-2-13)26(24,25)15-5-11(6-15)16(21)20-9-18(10-20)7-12(8-18)17(22)23/h1-4,11-12,15H,5-10H2,(H,22,23). The minimum absolute atomic E-state index is 0.0257. The number of benzene rings is 1. The van der Waals surface area contributed by atoms with Gasteiger partial charge in [0.2, 0.25) is 5.91 Å². The molecule has 8 heteroatoms. The summed E-state index contributed by atoms with van der Waals surface area (Å²) >= 11 is 0. The van der Waals surface area contributed by atoms with Gasteiger partial charge in [-0.15, -0.1) is 0 Å². The van der Waals surface area contributed by atoms with Crippen molar-refractivity contribution in [2.24, 2.45) is 17.3 Å². The van der Waals surface area contributed by atoms with Gasteiger partial charge in [0.25, 0.3) is 0 Å². The highest BCUT2D eigenvalue weighted by Gasteiger charge is 2.57. The van der Waals surface area contributed by atoms with Crippen LogP contribution in [-0.2, 0) is 19.4 Å². The molecule has 140 valence electrons. The van der Waals surface area contributed by atoms with Crippen LogP contribution in [0.1, 0.15) is 25.7 Å². The number of carbonyl (C=O) groups is 2. The second kappa shape index (κ2) is 5.77. The minimum Gasteiger partial charge on any atom is -0.481 e. The number of hydrogen-bond acceptors (Lipinski definition) is 4. The molecule has 0 radical (unpaired) electrons. The van der Waals surface area contributed by atoms with Crippen LogP contribution in [0.25, 0.3) is 0 Å². The van der Waals surface area contributed by atoms with Crippen LogP contribution in [-0.4, -0.2) is 48.6 Å². The molecule has 1 aromatic rings. The van der Waals surface area contributed by atoms with Gasteiger partial charge >= 0.3 is 5.97 Å². The van der Waals surface area contributed by atoms with Crippen LogP contribution in [0.3, 0.4) is 0 Å². The zero-order valence-electron chi connectivity index (χ0n) is 14.1. The normalized spacial score (nSPS) is 27.3. The van der Waals surface area contributed by atoms with E-state index in [4.69, 9.17) is 5.11 Å². The molecule has 2 aliphatic carbocycles. The number of hydrogen-bond donors (Lipinski definition) is 1. The van der Waals surface area contributed by atoms with Gasteiger partial charge in [-0.3, -0.25) is 9.59 Å². The number of sulfone groups is 1. The van der Waals surface area contributed by atoms with E-state index in [1.54, 1.807) is 4.90 Å². The van der Waals surface area contributed by atoms with Crippen molar-refractivity contribution in [2.75, 3.05) is 13.1 Å².